The Balaban J connectivity index is 2.50. The van der Waals surface area contributed by atoms with E-state index in [0.717, 1.165) is 17.6 Å². The first-order chi connectivity index (χ1) is 7.76. The first-order valence-corrected chi connectivity index (χ1v) is 6.40. The molecule has 1 heterocycles. The lowest BCUT2D eigenvalue weighted by molar-refractivity contribution is 0.135. The third-order valence-electron chi connectivity index (χ3n) is 2.73. The van der Waals surface area contributed by atoms with Gasteiger partial charge in [-0.25, -0.2) is 0 Å². The zero-order valence-electron chi connectivity index (χ0n) is 9.66. The van der Waals surface area contributed by atoms with Crippen molar-refractivity contribution in [1.82, 2.24) is 4.57 Å². The quantitative estimate of drug-likeness (QED) is 0.828. The smallest absolute Gasteiger partial charge is 0.0737 e. The van der Waals surface area contributed by atoms with Crippen molar-refractivity contribution in [3.63, 3.8) is 0 Å². The van der Waals surface area contributed by atoms with E-state index in [4.69, 9.17) is 4.74 Å². The molecule has 0 N–H and O–H groups in total. The van der Waals surface area contributed by atoms with Crippen molar-refractivity contribution in [3.8, 4) is 0 Å². The summed E-state index contributed by atoms with van der Waals surface area (Å²) in [5.41, 5.74) is 2.54. The number of aryl methyl sites for hydroxylation is 1. The molecular formula is C13H16BrNO. The van der Waals surface area contributed by atoms with E-state index >= 15 is 0 Å². The van der Waals surface area contributed by atoms with Gasteiger partial charge in [-0.1, -0.05) is 22.0 Å². The minimum Gasteiger partial charge on any atom is -0.377 e. The molecule has 0 bridgehead atoms. The maximum atomic E-state index is 5.49. The van der Waals surface area contributed by atoms with Crippen LogP contribution in [-0.2, 0) is 17.9 Å². The molecule has 2 aromatic rings. The topological polar surface area (TPSA) is 14.2 Å². The van der Waals surface area contributed by atoms with Crippen LogP contribution in [0.2, 0.25) is 0 Å². The number of fused-ring (bicyclic) bond motifs is 1. The normalized spacial score (nSPS) is 11.2. The number of hydrogen-bond donors (Lipinski definition) is 0. The van der Waals surface area contributed by atoms with Gasteiger partial charge in [0.15, 0.2) is 0 Å². The van der Waals surface area contributed by atoms with Crippen molar-refractivity contribution in [2.45, 2.75) is 27.0 Å². The summed E-state index contributed by atoms with van der Waals surface area (Å²) in [6, 6.07) is 6.39. The Morgan fingerprint density at radius 2 is 2.12 bits per heavy atom. The summed E-state index contributed by atoms with van der Waals surface area (Å²) in [5, 5.41) is 1.29. The van der Waals surface area contributed by atoms with Gasteiger partial charge in [0.05, 0.1) is 6.61 Å². The molecule has 0 unspecified atom stereocenters. The van der Waals surface area contributed by atoms with Crippen molar-refractivity contribution < 1.29 is 4.74 Å². The van der Waals surface area contributed by atoms with Crippen LogP contribution in [0, 0.1) is 0 Å². The van der Waals surface area contributed by atoms with Crippen LogP contribution in [0.3, 0.4) is 0 Å². The average Bonchev–Trinajstić information content (AvgIpc) is 2.63. The number of nitrogens with zero attached hydrogens (tertiary/aromatic N) is 1. The number of ether oxygens (including phenoxy) is 1. The predicted octanol–water partition coefficient (Wildman–Crippen LogP) is 3.96. The summed E-state index contributed by atoms with van der Waals surface area (Å²) >= 11 is 3.51. The van der Waals surface area contributed by atoms with Crippen molar-refractivity contribution in [2.24, 2.45) is 0 Å². The maximum Gasteiger partial charge on any atom is 0.0737 e. The summed E-state index contributed by atoms with van der Waals surface area (Å²) in [6.07, 6.45) is 2.19. The lowest BCUT2D eigenvalue weighted by Crippen LogP contribution is -1.91. The van der Waals surface area contributed by atoms with Gasteiger partial charge in [-0.05, 0) is 26.0 Å². The molecule has 0 atom stereocenters. The van der Waals surface area contributed by atoms with Gasteiger partial charge in [-0.3, -0.25) is 0 Å². The van der Waals surface area contributed by atoms with Crippen molar-refractivity contribution in [1.29, 1.82) is 0 Å². The molecule has 86 valence electrons. The Hall–Kier alpha value is -0.800. The summed E-state index contributed by atoms with van der Waals surface area (Å²) in [5.74, 6) is 0. The van der Waals surface area contributed by atoms with Gasteiger partial charge in [0.2, 0.25) is 0 Å². The molecule has 2 nitrogen and oxygen atoms in total. The third-order valence-corrected chi connectivity index (χ3v) is 3.22. The summed E-state index contributed by atoms with van der Waals surface area (Å²) < 4.78 is 8.87. The first-order valence-electron chi connectivity index (χ1n) is 5.61. The van der Waals surface area contributed by atoms with E-state index in [1.54, 1.807) is 0 Å². The predicted molar refractivity (Wildman–Crippen MR) is 70.6 cm³/mol. The number of rotatable bonds is 4. The second-order valence-corrected chi connectivity index (χ2v) is 4.65. The van der Waals surface area contributed by atoms with Gasteiger partial charge >= 0.3 is 0 Å². The molecule has 0 aliphatic rings. The average molecular weight is 282 g/mol. The van der Waals surface area contributed by atoms with Crippen LogP contribution >= 0.6 is 15.9 Å². The lowest BCUT2D eigenvalue weighted by Gasteiger charge is -2.00. The molecular weight excluding hydrogens is 266 g/mol. The second kappa shape index (κ2) is 5.02. The van der Waals surface area contributed by atoms with Gasteiger partial charge in [-0.2, -0.15) is 0 Å². The van der Waals surface area contributed by atoms with Gasteiger partial charge < -0.3 is 9.30 Å². The highest BCUT2D eigenvalue weighted by atomic mass is 79.9. The highest BCUT2D eigenvalue weighted by Gasteiger charge is 2.07. The van der Waals surface area contributed by atoms with Crippen LogP contribution in [0.4, 0.5) is 0 Å². The number of aromatic nitrogens is 1. The van der Waals surface area contributed by atoms with E-state index < -0.39 is 0 Å². The molecule has 0 amide bonds. The van der Waals surface area contributed by atoms with Crippen LogP contribution in [0.1, 0.15) is 19.4 Å². The molecule has 0 radical (unpaired) electrons. The fourth-order valence-corrected chi connectivity index (χ4v) is 2.28. The monoisotopic (exact) mass is 281 g/mol. The van der Waals surface area contributed by atoms with Crippen LogP contribution in [0.25, 0.3) is 10.9 Å². The highest BCUT2D eigenvalue weighted by Crippen LogP contribution is 2.25. The molecule has 0 saturated carbocycles. The molecule has 0 saturated heterocycles. The van der Waals surface area contributed by atoms with Crippen LogP contribution < -0.4 is 0 Å². The molecule has 0 aliphatic carbocycles. The summed E-state index contributed by atoms with van der Waals surface area (Å²) in [7, 11) is 0. The SMILES string of the molecule is CCOCc1cn(CC)c2cc(Br)ccc12. The molecule has 0 spiro atoms. The summed E-state index contributed by atoms with van der Waals surface area (Å²) in [4.78, 5) is 0. The van der Waals surface area contributed by atoms with Gasteiger partial charge in [0.25, 0.3) is 0 Å². The van der Waals surface area contributed by atoms with Crippen LogP contribution in [0.15, 0.2) is 28.9 Å². The molecule has 16 heavy (non-hydrogen) atoms. The van der Waals surface area contributed by atoms with Gasteiger partial charge in [0.1, 0.15) is 0 Å². The van der Waals surface area contributed by atoms with Crippen LogP contribution in [0.5, 0.6) is 0 Å². The number of hydrogen-bond acceptors (Lipinski definition) is 1. The first kappa shape index (κ1) is 11.7. The van der Waals surface area contributed by atoms with Crippen LogP contribution in [-0.4, -0.2) is 11.2 Å². The van der Waals surface area contributed by atoms with E-state index in [1.807, 2.05) is 6.92 Å². The number of benzene rings is 1. The fraction of sp³-hybridized carbons (Fsp3) is 0.385. The third kappa shape index (κ3) is 2.15. The molecule has 2 rings (SSSR count). The second-order valence-electron chi connectivity index (χ2n) is 3.74. The summed E-state index contributed by atoms with van der Waals surface area (Å²) in [6.45, 7) is 6.62. The molecule has 0 fully saturated rings. The molecule has 3 heteroatoms. The van der Waals surface area contributed by atoms with E-state index in [9.17, 15) is 0 Å². The Bertz CT molecular complexity index is 490. The Kier molecular flexibility index (Phi) is 3.66. The lowest BCUT2D eigenvalue weighted by atomic mass is 10.2. The molecule has 0 aliphatic heterocycles. The standard InChI is InChI=1S/C13H16BrNO/c1-3-15-8-10(9-16-4-2)12-6-5-11(14)7-13(12)15/h5-8H,3-4,9H2,1-2H3. The maximum absolute atomic E-state index is 5.49. The Morgan fingerprint density at radius 3 is 2.81 bits per heavy atom. The van der Waals surface area contributed by atoms with E-state index in [2.05, 4.69) is 51.8 Å². The Labute approximate surface area is 104 Å². The minimum atomic E-state index is 0.696. The number of halogens is 1. The van der Waals surface area contributed by atoms with Crippen molar-refractivity contribution >= 4 is 26.8 Å². The Morgan fingerprint density at radius 1 is 1.31 bits per heavy atom. The van der Waals surface area contributed by atoms with Crippen molar-refractivity contribution in [2.75, 3.05) is 6.61 Å². The minimum absolute atomic E-state index is 0.696. The highest BCUT2D eigenvalue weighted by molar-refractivity contribution is 9.10. The fourth-order valence-electron chi connectivity index (χ4n) is 1.93. The van der Waals surface area contributed by atoms with E-state index in [1.165, 1.54) is 16.5 Å². The van der Waals surface area contributed by atoms with E-state index in [0.29, 0.717) is 6.61 Å². The molecule has 1 aromatic heterocycles. The van der Waals surface area contributed by atoms with Gasteiger partial charge in [-0.15, -0.1) is 0 Å². The largest absolute Gasteiger partial charge is 0.377 e. The van der Waals surface area contributed by atoms with E-state index in [-0.39, 0.29) is 0 Å². The zero-order valence-corrected chi connectivity index (χ0v) is 11.3. The van der Waals surface area contributed by atoms with Gasteiger partial charge in [0, 0.05) is 40.3 Å². The molecule has 1 aromatic carbocycles. The van der Waals surface area contributed by atoms with Crippen molar-refractivity contribution in [3.05, 3.63) is 34.4 Å². The zero-order chi connectivity index (χ0) is 11.5.